The number of rotatable bonds is 6. The van der Waals surface area contributed by atoms with Crippen LogP contribution in [0.1, 0.15) is 22.4 Å². The first kappa shape index (κ1) is 22.4. The third-order valence-corrected chi connectivity index (χ3v) is 5.69. The van der Waals surface area contributed by atoms with Crippen molar-refractivity contribution in [2.45, 2.75) is 26.4 Å². The highest BCUT2D eigenvalue weighted by Crippen LogP contribution is 2.29. The molecular formula is C25H21F3N2O3. The summed E-state index contributed by atoms with van der Waals surface area (Å²) in [7, 11) is 1.31. The molecule has 33 heavy (non-hydrogen) atoms. The number of halogens is 3. The van der Waals surface area contributed by atoms with Crippen LogP contribution in [0.15, 0.2) is 59.5 Å². The van der Waals surface area contributed by atoms with E-state index in [4.69, 9.17) is 4.74 Å². The quantitative estimate of drug-likeness (QED) is 0.408. The van der Waals surface area contributed by atoms with Crippen LogP contribution in [0.4, 0.5) is 13.2 Å². The molecule has 0 saturated heterocycles. The second-order valence-electron chi connectivity index (χ2n) is 7.82. The van der Waals surface area contributed by atoms with E-state index in [-0.39, 0.29) is 18.6 Å². The molecule has 2 aromatic heterocycles. The normalized spacial score (nSPS) is 11.2. The van der Waals surface area contributed by atoms with Crippen LogP contribution < -0.4 is 5.56 Å². The fourth-order valence-corrected chi connectivity index (χ4v) is 3.99. The molecular weight excluding hydrogens is 433 g/mol. The Balaban J connectivity index is 1.72. The number of ether oxygens (including phenoxy) is 1. The Bertz CT molecular complexity index is 1420. The predicted octanol–water partition coefficient (Wildman–Crippen LogP) is 4.34. The van der Waals surface area contributed by atoms with E-state index in [2.05, 4.69) is 0 Å². The molecule has 5 nitrogen and oxygen atoms in total. The minimum Gasteiger partial charge on any atom is -0.468 e. The Morgan fingerprint density at radius 2 is 1.73 bits per heavy atom. The Kier molecular flexibility index (Phi) is 6.09. The van der Waals surface area contributed by atoms with Crippen LogP contribution in [-0.2, 0) is 29.0 Å². The standard InChI is InChI=1S/C25H21F3N2O3/c1-15-19(20-11-18(26)5-7-23(20)30(15)14-25(32)33-2)9-16-4-8-24(31)29(12-16)13-17-3-6-21(27)22(28)10-17/h3-8,10-12H,9,13-14H2,1-2H3. The van der Waals surface area contributed by atoms with E-state index in [0.717, 1.165) is 29.0 Å². The summed E-state index contributed by atoms with van der Waals surface area (Å²) < 4.78 is 48.8. The summed E-state index contributed by atoms with van der Waals surface area (Å²) in [5, 5.41) is 0.662. The second kappa shape index (κ2) is 8.97. The molecule has 8 heteroatoms. The number of hydrogen-bond donors (Lipinski definition) is 0. The van der Waals surface area contributed by atoms with E-state index < -0.39 is 23.4 Å². The molecule has 170 valence electrons. The molecule has 0 fully saturated rings. The molecule has 0 bridgehead atoms. The summed E-state index contributed by atoms with van der Waals surface area (Å²) in [6, 6.07) is 10.9. The molecule has 0 spiro atoms. The lowest BCUT2D eigenvalue weighted by molar-refractivity contribution is -0.141. The number of nitrogens with zero attached hydrogens (tertiary/aromatic N) is 2. The zero-order valence-corrected chi connectivity index (χ0v) is 18.1. The van der Waals surface area contributed by atoms with Crippen molar-refractivity contribution in [2.24, 2.45) is 0 Å². The Morgan fingerprint density at radius 3 is 2.45 bits per heavy atom. The summed E-state index contributed by atoms with van der Waals surface area (Å²) in [4.78, 5) is 24.3. The fraction of sp³-hybridized carbons (Fsp3) is 0.200. The highest BCUT2D eigenvalue weighted by atomic mass is 19.2. The van der Waals surface area contributed by atoms with E-state index in [1.807, 2.05) is 6.92 Å². The molecule has 2 heterocycles. The highest BCUT2D eigenvalue weighted by Gasteiger charge is 2.18. The first-order valence-electron chi connectivity index (χ1n) is 10.2. The van der Waals surface area contributed by atoms with Crippen LogP contribution in [0.5, 0.6) is 0 Å². The Hall–Kier alpha value is -3.81. The van der Waals surface area contributed by atoms with Crippen LogP contribution in [-0.4, -0.2) is 22.2 Å². The maximum Gasteiger partial charge on any atom is 0.325 e. The van der Waals surface area contributed by atoms with Gasteiger partial charge in [-0.3, -0.25) is 9.59 Å². The molecule has 0 aliphatic carbocycles. The van der Waals surface area contributed by atoms with Gasteiger partial charge in [0.25, 0.3) is 5.56 Å². The van der Waals surface area contributed by atoms with Gasteiger partial charge in [0.15, 0.2) is 11.6 Å². The van der Waals surface area contributed by atoms with Crippen molar-refractivity contribution in [1.82, 2.24) is 9.13 Å². The van der Waals surface area contributed by atoms with Crippen LogP contribution in [0.3, 0.4) is 0 Å². The number of carbonyl (C=O) groups excluding carboxylic acids is 1. The summed E-state index contributed by atoms with van der Waals surface area (Å²) in [6.45, 7) is 1.90. The van der Waals surface area contributed by atoms with E-state index in [1.165, 1.54) is 35.9 Å². The number of pyridine rings is 1. The first-order valence-corrected chi connectivity index (χ1v) is 10.2. The van der Waals surface area contributed by atoms with Gasteiger partial charge >= 0.3 is 5.97 Å². The van der Waals surface area contributed by atoms with Crippen molar-refractivity contribution in [3.63, 3.8) is 0 Å². The topological polar surface area (TPSA) is 53.2 Å². The number of fused-ring (bicyclic) bond motifs is 1. The zero-order valence-electron chi connectivity index (χ0n) is 18.1. The van der Waals surface area contributed by atoms with Gasteiger partial charge in [-0.2, -0.15) is 0 Å². The molecule has 0 amide bonds. The maximum atomic E-state index is 14.0. The van der Waals surface area contributed by atoms with Crippen LogP contribution in [0.25, 0.3) is 10.9 Å². The van der Waals surface area contributed by atoms with Crippen molar-refractivity contribution in [3.8, 4) is 0 Å². The Morgan fingerprint density at radius 1 is 0.970 bits per heavy atom. The van der Waals surface area contributed by atoms with Gasteiger partial charge in [-0.15, -0.1) is 0 Å². The van der Waals surface area contributed by atoms with E-state index in [1.54, 1.807) is 22.9 Å². The van der Waals surface area contributed by atoms with Gasteiger partial charge in [-0.1, -0.05) is 12.1 Å². The van der Waals surface area contributed by atoms with Gasteiger partial charge in [-0.05, 0) is 53.9 Å². The average molecular weight is 454 g/mol. The van der Waals surface area contributed by atoms with Crippen LogP contribution in [0.2, 0.25) is 0 Å². The lowest BCUT2D eigenvalue weighted by Crippen LogP contribution is -2.20. The number of aromatic nitrogens is 2. The molecule has 0 aliphatic rings. The smallest absolute Gasteiger partial charge is 0.325 e. The predicted molar refractivity (Wildman–Crippen MR) is 118 cm³/mol. The van der Waals surface area contributed by atoms with Crippen molar-refractivity contribution in [3.05, 3.63) is 105 Å². The summed E-state index contributed by atoms with van der Waals surface area (Å²) >= 11 is 0. The maximum absolute atomic E-state index is 14.0. The van der Waals surface area contributed by atoms with Crippen molar-refractivity contribution >= 4 is 16.9 Å². The number of hydrogen-bond acceptors (Lipinski definition) is 3. The van der Waals surface area contributed by atoms with Crippen LogP contribution >= 0.6 is 0 Å². The molecule has 0 aliphatic heterocycles. The SMILES string of the molecule is COC(=O)Cn1c(C)c(Cc2ccc(=O)n(Cc3ccc(F)c(F)c3)c2)c2cc(F)ccc21. The van der Waals surface area contributed by atoms with Crippen molar-refractivity contribution < 1.29 is 22.7 Å². The van der Waals surface area contributed by atoms with Gasteiger partial charge in [0.2, 0.25) is 0 Å². The summed E-state index contributed by atoms with van der Waals surface area (Å²) in [6.07, 6.45) is 2.02. The monoisotopic (exact) mass is 454 g/mol. The fourth-order valence-electron chi connectivity index (χ4n) is 3.99. The van der Waals surface area contributed by atoms with Gasteiger partial charge < -0.3 is 13.9 Å². The molecule has 0 unspecified atom stereocenters. The van der Waals surface area contributed by atoms with Gasteiger partial charge in [0, 0.05) is 35.3 Å². The largest absolute Gasteiger partial charge is 0.468 e. The zero-order chi connectivity index (χ0) is 23.7. The van der Waals surface area contributed by atoms with Crippen molar-refractivity contribution in [2.75, 3.05) is 7.11 Å². The van der Waals surface area contributed by atoms with Gasteiger partial charge in [0.1, 0.15) is 12.4 Å². The lowest BCUT2D eigenvalue weighted by Gasteiger charge is -2.10. The number of benzene rings is 2. The highest BCUT2D eigenvalue weighted by molar-refractivity contribution is 5.87. The van der Waals surface area contributed by atoms with Gasteiger partial charge in [-0.25, -0.2) is 13.2 Å². The molecule has 2 aromatic carbocycles. The summed E-state index contributed by atoms with van der Waals surface area (Å²) in [5.41, 5.74) is 3.21. The van der Waals surface area contributed by atoms with Crippen LogP contribution in [0, 0.1) is 24.4 Å². The van der Waals surface area contributed by atoms with E-state index in [0.29, 0.717) is 22.9 Å². The van der Waals surface area contributed by atoms with E-state index in [9.17, 15) is 22.8 Å². The third-order valence-electron chi connectivity index (χ3n) is 5.69. The first-order chi connectivity index (χ1) is 15.8. The second-order valence-corrected chi connectivity index (χ2v) is 7.82. The summed E-state index contributed by atoms with van der Waals surface area (Å²) in [5.74, 6) is -2.76. The molecule has 0 N–H and O–H groups in total. The third kappa shape index (κ3) is 4.55. The molecule has 0 atom stereocenters. The minimum atomic E-state index is -0.979. The van der Waals surface area contributed by atoms with Gasteiger partial charge in [0.05, 0.1) is 13.7 Å². The molecule has 4 rings (SSSR count). The molecule has 4 aromatic rings. The van der Waals surface area contributed by atoms with E-state index >= 15 is 0 Å². The van der Waals surface area contributed by atoms with Crippen molar-refractivity contribution in [1.29, 1.82) is 0 Å². The molecule has 0 saturated carbocycles. The number of carbonyl (C=O) groups is 1. The Labute approximate surface area is 187 Å². The lowest BCUT2D eigenvalue weighted by atomic mass is 10.0. The number of esters is 1. The minimum absolute atomic E-state index is 0.0138. The number of methoxy groups -OCH3 is 1. The average Bonchev–Trinajstić information content (AvgIpc) is 3.03. The molecule has 0 radical (unpaired) electrons.